The third kappa shape index (κ3) is 4.07. The van der Waals surface area contributed by atoms with Crippen LogP contribution in [0.1, 0.15) is 63.1 Å². The molecule has 1 aromatic carbocycles. The van der Waals surface area contributed by atoms with Gasteiger partial charge in [0, 0.05) is 19.1 Å². The molecule has 0 aromatic heterocycles. The summed E-state index contributed by atoms with van der Waals surface area (Å²) in [6, 6.07) is 9.02. The lowest BCUT2D eigenvalue weighted by atomic mass is 9.99. The van der Waals surface area contributed by atoms with Gasteiger partial charge >= 0.3 is 0 Å². The predicted molar refractivity (Wildman–Crippen MR) is 86.9 cm³/mol. The number of likely N-dealkylation sites (tertiary alicyclic amines) is 1. The molecule has 2 rings (SSSR count). The molecular formula is C18H30N2. The number of rotatable bonds is 6. The summed E-state index contributed by atoms with van der Waals surface area (Å²) in [6.45, 7) is 10.2. The van der Waals surface area contributed by atoms with Gasteiger partial charge in [0.1, 0.15) is 0 Å². The molecule has 1 heterocycles. The van der Waals surface area contributed by atoms with Crippen molar-refractivity contribution in [2.24, 2.45) is 11.7 Å². The summed E-state index contributed by atoms with van der Waals surface area (Å²) in [4.78, 5) is 2.54. The van der Waals surface area contributed by atoms with Crippen molar-refractivity contribution in [3.63, 3.8) is 0 Å². The zero-order valence-electron chi connectivity index (χ0n) is 13.3. The van der Waals surface area contributed by atoms with E-state index in [1.165, 1.54) is 43.5 Å². The Hall–Kier alpha value is -0.860. The van der Waals surface area contributed by atoms with E-state index in [1.807, 2.05) is 0 Å². The van der Waals surface area contributed by atoms with E-state index in [2.05, 4.69) is 49.9 Å². The Morgan fingerprint density at radius 3 is 2.45 bits per heavy atom. The molecule has 0 bridgehead atoms. The Labute approximate surface area is 124 Å². The van der Waals surface area contributed by atoms with Gasteiger partial charge in [0.25, 0.3) is 0 Å². The Bertz CT molecular complexity index is 396. The van der Waals surface area contributed by atoms with Crippen LogP contribution in [-0.4, -0.2) is 24.5 Å². The number of nitrogens with two attached hydrogens (primary N) is 1. The van der Waals surface area contributed by atoms with Crippen LogP contribution in [0.15, 0.2) is 24.3 Å². The summed E-state index contributed by atoms with van der Waals surface area (Å²) < 4.78 is 0. The molecule has 1 aliphatic heterocycles. The first kappa shape index (κ1) is 15.5. The van der Waals surface area contributed by atoms with Crippen LogP contribution < -0.4 is 5.73 Å². The average molecular weight is 274 g/mol. The monoisotopic (exact) mass is 274 g/mol. The van der Waals surface area contributed by atoms with E-state index < -0.39 is 0 Å². The van der Waals surface area contributed by atoms with Crippen molar-refractivity contribution in [2.45, 2.75) is 52.0 Å². The Morgan fingerprint density at radius 1 is 1.20 bits per heavy atom. The Kier molecular flexibility index (Phi) is 5.62. The van der Waals surface area contributed by atoms with Gasteiger partial charge in [-0.15, -0.1) is 0 Å². The van der Waals surface area contributed by atoms with E-state index in [9.17, 15) is 0 Å². The molecule has 0 radical (unpaired) electrons. The van der Waals surface area contributed by atoms with Crippen molar-refractivity contribution in [3.8, 4) is 0 Å². The molecule has 1 saturated heterocycles. The quantitative estimate of drug-likeness (QED) is 0.851. The highest BCUT2D eigenvalue weighted by Gasteiger charge is 2.23. The van der Waals surface area contributed by atoms with Crippen molar-refractivity contribution in [3.05, 3.63) is 35.4 Å². The van der Waals surface area contributed by atoms with Crippen LogP contribution in [0.5, 0.6) is 0 Å². The highest BCUT2D eigenvalue weighted by atomic mass is 15.2. The standard InChI is InChI=1S/C18H30N2/c1-4-5-15-10-11-20(12-15)13-18(19)17-8-6-16(7-9-17)14(2)3/h6-9,14-15,18H,4-5,10-13,19H2,1-3H3. The van der Waals surface area contributed by atoms with Crippen LogP contribution in [0.25, 0.3) is 0 Å². The topological polar surface area (TPSA) is 29.3 Å². The maximum atomic E-state index is 6.38. The Balaban J connectivity index is 1.87. The molecule has 2 heteroatoms. The van der Waals surface area contributed by atoms with E-state index in [-0.39, 0.29) is 6.04 Å². The van der Waals surface area contributed by atoms with Gasteiger partial charge < -0.3 is 10.6 Å². The molecule has 1 aromatic rings. The minimum Gasteiger partial charge on any atom is -0.323 e. The van der Waals surface area contributed by atoms with Gasteiger partial charge in [-0.3, -0.25) is 0 Å². The fraction of sp³-hybridized carbons (Fsp3) is 0.667. The van der Waals surface area contributed by atoms with Crippen molar-refractivity contribution in [1.82, 2.24) is 4.90 Å². The van der Waals surface area contributed by atoms with Crippen LogP contribution in [-0.2, 0) is 0 Å². The smallest absolute Gasteiger partial charge is 0.0424 e. The molecule has 20 heavy (non-hydrogen) atoms. The van der Waals surface area contributed by atoms with E-state index in [0.717, 1.165) is 12.5 Å². The third-order valence-corrected chi connectivity index (χ3v) is 4.55. The van der Waals surface area contributed by atoms with Gasteiger partial charge in [-0.05, 0) is 42.3 Å². The number of hydrogen-bond acceptors (Lipinski definition) is 2. The predicted octanol–water partition coefficient (Wildman–Crippen LogP) is 3.93. The number of benzene rings is 1. The molecule has 1 fully saturated rings. The lowest BCUT2D eigenvalue weighted by Gasteiger charge is -2.21. The highest BCUT2D eigenvalue weighted by molar-refractivity contribution is 5.26. The second-order valence-electron chi connectivity index (χ2n) is 6.63. The van der Waals surface area contributed by atoms with Crippen molar-refractivity contribution in [1.29, 1.82) is 0 Å². The minimum absolute atomic E-state index is 0.150. The fourth-order valence-corrected chi connectivity index (χ4v) is 3.23. The van der Waals surface area contributed by atoms with E-state index >= 15 is 0 Å². The van der Waals surface area contributed by atoms with Gasteiger partial charge in [-0.2, -0.15) is 0 Å². The van der Waals surface area contributed by atoms with Gasteiger partial charge in [0.15, 0.2) is 0 Å². The zero-order chi connectivity index (χ0) is 14.5. The molecule has 2 atom stereocenters. The van der Waals surface area contributed by atoms with Crippen LogP contribution >= 0.6 is 0 Å². The second kappa shape index (κ2) is 7.24. The molecule has 2 N–H and O–H groups in total. The van der Waals surface area contributed by atoms with Crippen molar-refractivity contribution >= 4 is 0 Å². The largest absolute Gasteiger partial charge is 0.323 e. The van der Waals surface area contributed by atoms with Gasteiger partial charge in [0.05, 0.1) is 0 Å². The van der Waals surface area contributed by atoms with Crippen LogP contribution in [0, 0.1) is 5.92 Å². The summed E-state index contributed by atoms with van der Waals surface area (Å²) in [5, 5.41) is 0. The molecule has 2 unspecified atom stereocenters. The lowest BCUT2D eigenvalue weighted by Crippen LogP contribution is -2.30. The normalized spacial score (nSPS) is 21.6. The molecule has 1 aliphatic rings. The van der Waals surface area contributed by atoms with Crippen molar-refractivity contribution < 1.29 is 0 Å². The molecule has 0 spiro atoms. The zero-order valence-corrected chi connectivity index (χ0v) is 13.3. The average Bonchev–Trinajstić information content (AvgIpc) is 2.86. The minimum atomic E-state index is 0.150. The highest BCUT2D eigenvalue weighted by Crippen LogP contribution is 2.23. The number of hydrogen-bond donors (Lipinski definition) is 1. The molecule has 2 nitrogen and oxygen atoms in total. The SMILES string of the molecule is CCCC1CCN(CC(N)c2ccc(C(C)C)cc2)C1. The van der Waals surface area contributed by atoms with Crippen LogP contribution in [0.3, 0.4) is 0 Å². The van der Waals surface area contributed by atoms with Gasteiger partial charge in [0.2, 0.25) is 0 Å². The first-order valence-electron chi connectivity index (χ1n) is 8.18. The third-order valence-electron chi connectivity index (χ3n) is 4.55. The van der Waals surface area contributed by atoms with E-state index in [1.54, 1.807) is 0 Å². The maximum Gasteiger partial charge on any atom is 0.0424 e. The van der Waals surface area contributed by atoms with Crippen LogP contribution in [0.2, 0.25) is 0 Å². The fourth-order valence-electron chi connectivity index (χ4n) is 3.23. The molecule has 0 aliphatic carbocycles. The first-order chi connectivity index (χ1) is 9.60. The summed E-state index contributed by atoms with van der Waals surface area (Å²) in [7, 11) is 0. The Morgan fingerprint density at radius 2 is 1.85 bits per heavy atom. The molecule has 0 amide bonds. The maximum absolute atomic E-state index is 6.38. The molecule has 0 saturated carbocycles. The summed E-state index contributed by atoms with van der Waals surface area (Å²) in [6.07, 6.45) is 4.03. The molecule has 112 valence electrons. The van der Waals surface area contributed by atoms with E-state index in [0.29, 0.717) is 5.92 Å². The second-order valence-corrected chi connectivity index (χ2v) is 6.63. The van der Waals surface area contributed by atoms with Gasteiger partial charge in [-0.1, -0.05) is 51.5 Å². The number of nitrogens with zero attached hydrogens (tertiary/aromatic N) is 1. The molecular weight excluding hydrogens is 244 g/mol. The summed E-state index contributed by atoms with van der Waals surface area (Å²) in [5.41, 5.74) is 9.04. The van der Waals surface area contributed by atoms with Gasteiger partial charge in [-0.25, -0.2) is 0 Å². The van der Waals surface area contributed by atoms with Crippen LogP contribution in [0.4, 0.5) is 0 Å². The van der Waals surface area contributed by atoms with E-state index in [4.69, 9.17) is 5.73 Å². The van der Waals surface area contributed by atoms with Crippen molar-refractivity contribution in [2.75, 3.05) is 19.6 Å². The first-order valence-corrected chi connectivity index (χ1v) is 8.18. The summed E-state index contributed by atoms with van der Waals surface area (Å²) >= 11 is 0. The lowest BCUT2D eigenvalue weighted by molar-refractivity contribution is 0.300. The summed E-state index contributed by atoms with van der Waals surface area (Å²) in [5.74, 6) is 1.49.